The second-order valence-corrected chi connectivity index (χ2v) is 4.61. The summed E-state index contributed by atoms with van der Waals surface area (Å²) in [5.74, 6) is 0.284. The topological polar surface area (TPSA) is 45.9 Å². The molecular formula is C18H11FN2O. The summed E-state index contributed by atoms with van der Waals surface area (Å²) >= 11 is 0. The summed E-state index contributed by atoms with van der Waals surface area (Å²) in [6, 6.07) is 19.0. The number of nitriles is 1. The Bertz CT molecular complexity index is 824. The van der Waals surface area contributed by atoms with Crippen molar-refractivity contribution in [3.8, 4) is 28.8 Å². The normalized spacial score (nSPS) is 10.0. The molecule has 0 N–H and O–H groups in total. The minimum atomic E-state index is -0.347. The van der Waals surface area contributed by atoms with Gasteiger partial charge in [0, 0.05) is 11.8 Å². The zero-order chi connectivity index (χ0) is 15.4. The first-order chi connectivity index (χ1) is 10.8. The molecule has 0 aliphatic carbocycles. The van der Waals surface area contributed by atoms with E-state index in [9.17, 15) is 9.65 Å². The first kappa shape index (κ1) is 13.8. The fraction of sp³-hybridized carbons (Fsp3) is 0. The number of hydrogen-bond donors (Lipinski definition) is 0. The maximum atomic E-state index is 12.9. The van der Waals surface area contributed by atoms with E-state index in [2.05, 4.69) is 11.1 Å². The van der Waals surface area contributed by atoms with Crippen LogP contribution in [-0.4, -0.2) is 4.98 Å². The van der Waals surface area contributed by atoms with Crippen LogP contribution >= 0.6 is 0 Å². The van der Waals surface area contributed by atoms with Crippen molar-refractivity contribution in [3.05, 3.63) is 78.2 Å². The average Bonchev–Trinajstić information content (AvgIpc) is 2.58. The Kier molecular flexibility index (Phi) is 3.80. The van der Waals surface area contributed by atoms with Gasteiger partial charge in [-0.15, -0.1) is 0 Å². The summed E-state index contributed by atoms with van der Waals surface area (Å²) in [6.45, 7) is 0. The van der Waals surface area contributed by atoms with Gasteiger partial charge < -0.3 is 4.74 Å². The summed E-state index contributed by atoms with van der Waals surface area (Å²) in [4.78, 5) is 4.21. The Morgan fingerprint density at radius 2 is 1.68 bits per heavy atom. The van der Waals surface area contributed by atoms with Crippen LogP contribution in [0.15, 0.2) is 66.9 Å². The number of pyridine rings is 1. The van der Waals surface area contributed by atoms with Crippen molar-refractivity contribution < 1.29 is 9.13 Å². The Balaban J connectivity index is 1.93. The van der Waals surface area contributed by atoms with E-state index in [1.54, 1.807) is 12.3 Å². The molecule has 0 unspecified atom stereocenters. The standard InChI is InChI=1S/C18H11FN2O/c19-16-6-8-17(9-7-16)22-18-14(11-20)10-15(12-21-18)13-4-2-1-3-5-13/h1-10,12H. The minimum Gasteiger partial charge on any atom is -0.438 e. The molecule has 0 saturated heterocycles. The van der Waals surface area contributed by atoms with E-state index in [0.717, 1.165) is 11.1 Å². The van der Waals surface area contributed by atoms with Gasteiger partial charge in [0.25, 0.3) is 0 Å². The third-order valence-corrected chi connectivity index (χ3v) is 3.11. The molecule has 0 amide bonds. The van der Waals surface area contributed by atoms with Crippen LogP contribution in [0.5, 0.6) is 11.6 Å². The van der Waals surface area contributed by atoms with Gasteiger partial charge in [0.05, 0.1) is 0 Å². The number of halogens is 1. The van der Waals surface area contributed by atoms with Crippen LogP contribution < -0.4 is 4.74 Å². The lowest BCUT2D eigenvalue weighted by Gasteiger charge is -2.08. The number of hydrogen-bond acceptors (Lipinski definition) is 3. The summed E-state index contributed by atoms with van der Waals surface area (Å²) in [5.41, 5.74) is 2.13. The number of aromatic nitrogens is 1. The molecule has 0 fully saturated rings. The fourth-order valence-corrected chi connectivity index (χ4v) is 2.02. The smallest absolute Gasteiger partial charge is 0.237 e. The lowest BCUT2D eigenvalue weighted by molar-refractivity contribution is 0.460. The second-order valence-electron chi connectivity index (χ2n) is 4.61. The van der Waals surface area contributed by atoms with Crippen LogP contribution in [0.2, 0.25) is 0 Å². The maximum absolute atomic E-state index is 12.9. The summed E-state index contributed by atoms with van der Waals surface area (Å²) in [5, 5.41) is 9.28. The van der Waals surface area contributed by atoms with E-state index < -0.39 is 0 Å². The first-order valence-corrected chi connectivity index (χ1v) is 6.65. The third kappa shape index (κ3) is 2.94. The molecular weight excluding hydrogens is 279 g/mol. The molecule has 0 atom stereocenters. The van der Waals surface area contributed by atoms with Gasteiger partial charge >= 0.3 is 0 Å². The number of ether oxygens (including phenoxy) is 1. The van der Waals surface area contributed by atoms with Crippen LogP contribution in [0, 0.1) is 17.1 Å². The first-order valence-electron chi connectivity index (χ1n) is 6.65. The highest BCUT2D eigenvalue weighted by molar-refractivity contribution is 5.65. The average molecular weight is 290 g/mol. The monoisotopic (exact) mass is 290 g/mol. The van der Waals surface area contributed by atoms with Gasteiger partial charge in [-0.1, -0.05) is 30.3 Å². The highest BCUT2D eigenvalue weighted by Crippen LogP contribution is 2.27. The molecule has 1 aromatic heterocycles. The zero-order valence-electron chi connectivity index (χ0n) is 11.5. The predicted molar refractivity (Wildman–Crippen MR) is 80.9 cm³/mol. The van der Waals surface area contributed by atoms with Gasteiger partial charge in [-0.05, 0) is 35.9 Å². The van der Waals surface area contributed by atoms with E-state index in [0.29, 0.717) is 11.3 Å². The van der Waals surface area contributed by atoms with Crippen molar-refractivity contribution in [2.75, 3.05) is 0 Å². The molecule has 106 valence electrons. The van der Waals surface area contributed by atoms with Gasteiger partial charge in [0.1, 0.15) is 23.2 Å². The van der Waals surface area contributed by atoms with Crippen LogP contribution in [0.25, 0.3) is 11.1 Å². The van der Waals surface area contributed by atoms with Gasteiger partial charge in [0.2, 0.25) is 5.88 Å². The Labute approximate surface area is 127 Å². The van der Waals surface area contributed by atoms with Crippen molar-refractivity contribution in [1.29, 1.82) is 5.26 Å². The summed E-state index contributed by atoms with van der Waals surface area (Å²) in [6.07, 6.45) is 1.65. The number of nitrogens with zero attached hydrogens (tertiary/aromatic N) is 2. The summed E-state index contributed by atoms with van der Waals surface area (Å²) in [7, 11) is 0. The zero-order valence-corrected chi connectivity index (χ0v) is 11.5. The molecule has 0 bridgehead atoms. The molecule has 0 spiro atoms. The quantitative estimate of drug-likeness (QED) is 0.710. The van der Waals surface area contributed by atoms with Gasteiger partial charge in [-0.25, -0.2) is 9.37 Å². The highest BCUT2D eigenvalue weighted by atomic mass is 19.1. The van der Waals surface area contributed by atoms with Crippen molar-refractivity contribution in [3.63, 3.8) is 0 Å². The molecule has 0 saturated carbocycles. The van der Waals surface area contributed by atoms with Gasteiger partial charge in [0.15, 0.2) is 0 Å². The molecule has 3 nitrogen and oxygen atoms in total. The van der Waals surface area contributed by atoms with Crippen LogP contribution in [0.3, 0.4) is 0 Å². The minimum absolute atomic E-state index is 0.203. The number of rotatable bonds is 3. The van der Waals surface area contributed by atoms with Crippen molar-refractivity contribution in [2.24, 2.45) is 0 Å². The Morgan fingerprint density at radius 3 is 2.36 bits per heavy atom. The molecule has 3 aromatic rings. The molecule has 2 aromatic carbocycles. The molecule has 0 aliphatic rings. The van der Waals surface area contributed by atoms with Crippen LogP contribution in [0.4, 0.5) is 4.39 Å². The van der Waals surface area contributed by atoms with Crippen molar-refractivity contribution in [2.45, 2.75) is 0 Å². The van der Waals surface area contributed by atoms with Gasteiger partial charge in [-0.2, -0.15) is 5.26 Å². The van der Waals surface area contributed by atoms with E-state index in [1.165, 1.54) is 24.3 Å². The fourth-order valence-electron chi connectivity index (χ4n) is 2.02. The molecule has 0 aliphatic heterocycles. The largest absolute Gasteiger partial charge is 0.438 e. The van der Waals surface area contributed by atoms with E-state index in [4.69, 9.17) is 4.74 Å². The lowest BCUT2D eigenvalue weighted by Crippen LogP contribution is -1.93. The van der Waals surface area contributed by atoms with Crippen molar-refractivity contribution in [1.82, 2.24) is 4.98 Å². The highest BCUT2D eigenvalue weighted by Gasteiger charge is 2.09. The molecule has 4 heteroatoms. The SMILES string of the molecule is N#Cc1cc(-c2ccccc2)cnc1Oc1ccc(F)cc1. The second kappa shape index (κ2) is 6.06. The molecule has 3 rings (SSSR count). The van der Waals surface area contributed by atoms with Crippen LogP contribution in [-0.2, 0) is 0 Å². The maximum Gasteiger partial charge on any atom is 0.237 e. The third-order valence-electron chi connectivity index (χ3n) is 3.11. The number of benzene rings is 2. The molecule has 22 heavy (non-hydrogen) atoms. The van der Waals surface area contributed by atoms with Crippen LogP contribution in [0.1, 0.15) is 5.56 Å². The summed E-state index contributed by atoms with van der Waals surface area (Å²) < 4.78 is 18.4. The van der Waals surface area contributed by atoms with E-state index >= 15 is 0 Å². The van der Waals surface area contributed by atoms with E-state index in [1.807, 2.05) is 30.3 Å². The lowest BCUT2D eigenvalue weighted by atomic mass is 10.1. The Hall–Kier alpha value is -3.19. The predicted octanol–water partition coefficient (Wildman–Crippen LogP) is 4.55. The van der Waals surface area contributed by atoms with E-state index in [-0.39, 0.29) is 11.7 Å². The van der Waals surface area contributed by atoms with Crippen molar-refractivity contribution >= 4 is 0 Å². The molecule has 0 radical (unpaired) electrons. The van der Waals surface area contributed by atoms with Gasteiger partial charge in [-0.3, -0.25) is 0 Å². The Morgan fingerprint density at radius 1 is 0.955 bits per heavy atom. The molecule has 1 heterocycles.